The zero-order valence-corrected chi connectivity index (χ0v) is 20.6. The van der Waals surface area contributed by atoms with Gasteiger partial charge in [0.2, 0.25) is 0 Å². The number of aromatic nitrogens is 2. The van der Waals surface area contributed by atoms with Crippen LogP contribution in [0, 0.1) is 0 Å². The van der Waals surface area contributed by atoms with Crippen LogP contribution in [0.4, 0.5) is 5.82 Å². The predicted octanol–water partition coefficient (Wildman–Crippen LogP) is 6.30. The Bertz CT molecular complexity index is 1370. The highest BCUT2D eigenvalue weighted by Crippen LogP contribution is 2.40. The van der Waals surface area contributed by atoms with E-state index in [9.17, 15) is 4.79 Å². The molecule has 0 radical (unpaired) electrons. The summed E-state index contributed by atoms with van der Waals surface area (Å²) in [5, 5.41) is 5.23. The molecule has 6 nitrogen and oxygen atoms in total. The third-order valence-electron chi connectivity index (χ3n) is 6.06. The number of hydrogen-bond donors (Lipinski definition) is 1. The molecule has 0 amide bonds. The average Bonchev–Trinajstić information content (AvgIpc) is 3.25. The minimum absolute atomic E-state index is 0.366. The molecule has 1 aliphatic carbocycles. The summed E-state index contributed by atoms with van der Waals surface area (Å²) in [4.78, 5) is 24.0. The minimum atomic E-state index is -0.366. The molecule has 34 heavy (non-hydrogen) atoms. The van der Waals surface area contributed by atoms with Crippen molar-refractivity contribution < 1.29 is 14.3 Å². The second-order valence-corrected chi connectivity index (χ2v) is 9.67. The van der Waals surface area contributed by atoms with E-state index < -0.39 is 0 Å². The molecule has 0 saturated carbocycles. The molecular weight excluding hydrogens is 470 g/mol. The lowest BCUT2D eigenvalue weighted by Crippen LogP contribution is -2.06. The van der Waals surface area contributed by atoms with Gasteiger partial charge in [-0.3, -0.25) is 0 Å². The van der Waals surface area contributed by atoms with Crippen molar-refractivity contribution in [2.75, 3.05) is 19.5 Å². The fraction of sp³-hybridized carbons (Fsp3) is 0.269. The van der Waals surface area contributed by atoms with E-state index in [0.29, 0.717) is 28.7 Å². The summed E-state index contributed by atoms with van der Waals surface area (Å²) in [5.74, 6) is 1.73. The molecule has 2 aromatic heterocycles. The van der Waals surface area contributed by atoms with Crippen LogP contribution < -0.4 is 10.1 Å². The second kappa shape index (κ2) is 9.60. The van der Waals surface area contributed by atoms with Gasteiger partial charge < -0.3 is 14.8 Å². The van der Waals surface area contributed by atoms with Gasteiger partial charge in [0.1, 0.15) is 16.4 Å². The summed E-state index contributed by atoms with van der Waals surface area (Å²) in [5.41, 5.74) is 3.74. The number of nitrogens with one attached hydrogen (secondary N) is 1. The molecule has 4 aromatic rings. The maximum atomic E-state index is 11.8. The number of methoxy groups -OCH3 is 2. The smallest absolute Gasteiger partial charge is 0.337 e. The molecule has 2 aromatic carbocycles. The highest BCUT2D eigenvalue weighted by molar-refractivity contribution is 7.19. The van der Waals surface area contributed by atoms with E-state index in [-0.39, 0.29) is 5.97 Å². The van der Waals surface area contributed by atoms with Gasteiger partial charge in [-0.1, -0.05) is 29.8 Å². The first-order valence-corrected chi connectivity index (χ1v) is 12.3. The van der Waals surface area contributed by atoms with E-state index in [1.54, 1.807) is 30.6 Å². The number of fused-ring (bicyclic) bond motifs is 3. The first-order chi connectivity index (χ1) is 16.6. The zero-order chi connectivity index (χ0) is 23.7. The number of rotatable bonds is 6. The minimum Gasteiger partial charge on any atom is -0.495 e. The van der Waals surface area contributed by atoms with Crippen molar-refractivity contribution in [1.82, 2.24) is 9.97 Å². The summed E-state index contributed by atoms with van der Waals surface area (Å²) in [6.07, 6.45) is 4.53. The van der Waals surface area contributed by atoms with Gasteiger partial charge in [-0.2, -0.15) is 0 Å². The number of ether oxygens (including phenoxy) is 2. The highest BCUT2D eigenvalue weighted by Gasteiger charge is 2.22. The molecule has 5 rings (SSSR count). The van der Waals surface area contributed by atoms with Crippen LogP contribution in [-0.2, 0) is 24.1 Å². The second-order valence-electron chi connectivity index (χ2n) is 8.18. The van der Waals surface area contributed by atoms with Crippen LogP contribution in [0.25, 0.3) is 21.6 Å². The number of hydrogen-bond acceptors (Lipinski definition) is 7. The maximum absolute atomic E-state index is 11.8. The van der Waals surface area contributed by atoms with Crippen LogP contribution >= 0.6 is 22.9 Å². The monoisotopic (exact) mass is 493 g/mol. The van der Waals surface area contributed by atoms with Gasteiger partial charge in [0.05, 0.1) is 30.2 Å². The summed E-state index contributed by atoms with van der Waals surface area (Å²) in [6.45, 7) is 0.571. The Balaban J connectivity index is 1.54. The largest absolute Gasteiger partial charge is 0.495 e. The number of aryl methyl sites for hydroxylation is 2. The molecule has 0 atom stereocenters. The fourth-order valence-electron chi connectivity index (χ4n) is 4.29. The van der Waals surface area contributed by atoms with Crippen molar-refractivity contribution in [2.24, 2.45) is 0 Å². The van der Waals surface area contributed by atoms with Crippen LogP contribution in [0.1, 0.15) is 39.2 Å². The first-order valence-electron chi connectivity index (χ1n) is 11.1. The summed E-state index contributed by atoms with van der Waals surface area (Å²) in [7, 11) is 2.98. The molecule has 0 aliphatic heterocycles. The van der Waals surface area contributed by atoms with Crippen molar-refractivity contribution >= 4 is 44.9 Å². The van der Waals surface area contributed by atoms with Gasteiger partial charge in [0.15, 0.2) is 5.82 Å². The Labute approximate surface area is 206 Å². The number of benzene rings is 2. The Morgan fingerprint density at radius 2 is 1.88 bits per heavy atom. The van der Waals surface area contributed by atoms with Crippen molar-refractivity contribution in [3.8, 4) is 17.1 Å². The first kappa shape index (κ1) is 22.6. The highest BCUT2D eigenvalue weighted by atomic mass is 35.5. The molecule has 0 saturated heterocycles. The van der Waals surface area contributed by atoms with Gasteiger partial charge >= 0.3 is 5.97 Å². The molecule has 8 heteroatoms. The lowest BCUT2D eigenvalue weighted by Gasteiger charge is -2.14. The zero-order valence-electron chi connectivity index (χ0n) is 19.0. The standard InChI is InChI=1S/C26H24ClN3O3S/c1-32-20-12-7-15(13-19(20)27)14-28-24-22-18-5-3-4-6-21(18)34-25(22)30-23(29-24)16-8-10-17(11-9-16)26(31)33-2/h7-13H,3-6,14H2,1-2H3,(H,28,29,30). The lowest BCUT2D eigenvalue weighted by atomic mass is 9.97. The van der Waals surface area contributed by atoms with Gasteiger partial charge in [-0.25, -0.2) is 14.8 Å². The quantitative estimate of drug-likeness (QED) is 0.318. The van der Waals surface area contributed by atoms with Gasteiger partial charge in [-0.15, -0.1) is 11.3 Å². The van der Waals surface area contributed by atoms with Crippen LogP contribution in [0.5, 0.6) is 5.75 Å². The number of carbonyl (C=O) groups is 1. The predicted molar refractivity (Wildman–Crippen MR) is 136 cm³/mol. The van der Waals surface area contributed by atoms with E-state index in [2.05, 4.69) is 5.32 Å². The molecule has 0 bridgehead atoms. The number of nitrogens with zero attached hydrogens (tertiary/aromatic N) is 2. The van der Waals surface area contributed by atoms with Crippen LogP contribution in [0.2, 0.25) is 5.02 Å². The topological polar surface area (TPSA) is 73.3 Å². The van der Waals surface area contributed by atoms with Gasteiger partial charge in [0.25, 0.3) is 0 Å². The van der Waals surface area contributed by atoms with Gasteiger partial charge in [0, 0.05) is 17.0 Å². The Hall–Kier alpha value is -3.16. The van der Waals surface area contributed by atoms with E-state index in [1.807, 2.05) is 30.3 Å². The third kappa shape index (κ3) is 4.33. The van der Waals surface area contributed by atoms with E-state index in [4.69, 9.17) is 31.0 Å². The van der Waals surface area contributed by atoms with E-state index in [0.717, 1.165) is 40.0 Å². The van der Waals surface area contributed by atoms with Crippen LogP contribution in [0.3, 0.4) is 0 Å². The van der Waals surface area contributed by atoms with Crippen LogP contribution in [0.15, 0.2) is 42.5 Å². The Morgan fingerprint density at radius 3 is 2.62 bits per heavy atom. The van der Waals surface area contributed by atoms with Crippen molar-refractivity contribution in [1.29, 1.82) is 0 Å². The Morgan fingerprint density at radius 1 is 1.09 bits per heavy atom. The Kier molecular flexibility index (Phi) is 6.39. The number of thiophene rings is 1. The number of anilines is 1. The molecule has 1 N–H and O–H groups in total. The van der Waals surface area contributed by atoms with Crippen molar-refractivity contribution in [3.05, 3.63) is 69.1 Å². The molecule has 0 unspecified atom stereocenters. The molecule has 0 fully saturated rings. The summed E-state index contributed by atoms with van der Waals surface area (Å²) >= 11 is 8.09. The van der Waals surface area contributed by atoms with Crippen LogP contribution in [-0.4, -0.2) is 30.2 Å². The number of carbonyl (C=O) groups excluding carboxylic acids is 1. The maximum Gasteiger partial charge on any atom is 0.337 e. The van der Waals surface area contributed by atoms with Crippen molar-refractivity contribution in [2.45, 2.75) is 32.2 Å². The summed E-state index contributed by atoms with van der Waals surface area (Å²) < 4.78 is 10.1. The molecule has 1 aliphatic rings. The molecular formula is C26H24ClN3O3S. The van der Waals surface area contributed by atoms with Gasteiger partial charge in [-0.05, 0) is 61.1 Å². The molecule has 2 heterocycles. The normalized spacial score (nSPS) is 12.9. The van der Waals surface area contributed by atoms with Crippen molar-refractivity contribution in [3.63, 3.8) is 0 Å². The molecule has 0 spiro atoms. The van der Waals surface area contributed by atoms with E-state index in [1.165, 1.54) is 30.4 Å². The van der Waals surface area contributed by atoms with E-state index >= 15 is 0 Å². The third-order valence-corrected chi connectivity index (χ3v) is 7.54. The molecule has 174 valence electrons. The number of esters is 1. The average molecular weight is 494 g/mol. The number of halogens is 1. The lowest BCUT2D eigenvalue weighted by molar-refractivity contribution is 0.0600. The fourth-order valence-corrected chi connectivity index (χ4v) is 5.83. The summed E-state index contributed by atoms with van der Waals surface area (Å²) in [6, 6.07) is 13.0. The SMILES string of the molecule is COC(=O)c1ccc(-c2nc(NCc3ccc(OC)c(Cl)c3)c3c4c(sc3n2)CCCC4)cc1.